The second kappa shape index (κ2) is 5.93. The molecule has 0 unspecified atom stereocenters. The Morgan fingerprint density at radius 3 is 2.71 bits per heavy atom. The molecule has 0 radical (unpaired) electrons. The van der Waals surface area contributed by atoms with E-state index in [1.807, 2.05) is 38.3 Å². The molecule has 2 N–H and O–H groups in total. The van der Waals surface area contributed by atoms with E-state index in [0.717, 1.165) is 4.88 Å². The second-order valence-electron chi connectivity index (χ2n) is 4.54. The molecule has 1 amide bonds. The third-order valence-corrected chi connectivity index (χ3v) is 2.71. The smallest absolute Gasteiger partial charge is 0.250 e. The summed E-state index contributed by atoms with van der Waals surface area (Å²) in [4.78, 5) is 12.6. The number of carbonyl (C=O) groups excluding carboxylic acids is 1. The maximum atomic E-state index is 11.5. The van der Waals surface area contributed by atoms with E-state index in [1.165, 1.54) is 6.08 Å². The summed E-state index contributed by atoms with van der Waals surface area (Å²) in [7, 11) is 0. The molecule has 0 aliphatic rings. The molecule has 0 aromatic carbocycles. The van der Waals surface area contributed by atoms with E-state index < -0.39 is 0 Å². The van der Waals surface area contributed by atoms with Gasteiger partial charge >= 0.3 is 0 Å². The lowest BCUT2D eigenvalue weighted by molar-refractivity contribution is -0.115. The third kappa shape index (κ3) is 6.19. The van der Waals surface area contributed by atoms with Crippen LogP contribution >= 0.6 is 23.6 Å². The molecule has 1 rings (SSSR count). The largest absolute Gasteiger partial charge is 0.358 e. The lowest BCUT2D eigenvalue weighted by Crippen LogP contribution is -2.47. The molecule has 17 heavy (non-hydrogen) atoms. The number of carbonyl (C=O) groups is 1. The SMILES string of the molecule is CC(C)(C)NC(=S)NC(=O)C=Cc1cccs1. The molecular weight excluding hydrogens is 252 g/mol. The number of hydrogen-bond acceptors (Lipinski definition) is 3. The molecule has 0 saturated carbocycles. The maximum absolute atomic E-state index is 11.5. The van der Waals surface area contributed by atoms with E-state index in [2.05, 4.69) is 10.6 Å². The van der Waals surface area contributed by atoms with E-state index in [0.29, 0.717) is 5.11 Å². The Morgan fingerprint density at radius 1 is 1.47 bits per heavy atom. The molecule has 0 saturated heterocycles. The molecule has 0 aliphatic carbocycles. The molecular formula is C12H16N2OS2. The van der Waals surface area contributed by atoms with Crippen LogP contribution in [0.15, 0.2) is 23.6 Å². The van der Waals surface area contributed by atoms with Crippen molar-refractivity contribution in [2.45, 2.75) is 26.3 Å². The van der Waals surface area contributed by atoms with Crippen LogP contribution in [0.25, 0.3) is 6.08 Å². The van der Waals surface area contributed by atoms with Crippen LogP contribution in [0.4, 0.5) is 0 Å². The number of hydrogen-bond donors (Lipinski definition) is 2. The van der Waals surface area contributed by atoms with Crippen molar-refractivity contribution >= 4 is 40.7 Å². The Bertz CT molecular complexity index is 416. The van der Waals surface area contributed by atoms with Gasteiger partial charge in [-0.05, 0) is 50.5 Å². The van der Waals surface area contributed by atoms with Gasteiger partial charge in [-0.15, -0.1) is 11.3 Å². The summed E-state index contributed by atoms with van der Waals surface area (Å²) in [6.07, 6.45) is 3.24. The first kappa shape index (κ1) is 13.9. The first-order chi connectivity index (χ1) is 7.87. The Kier molecular flexibility index (Phi) is 4.84. The third-order valence-electron chi connectivity index (χ3n) is 1.67. The van der Waals surface area contributed by atoms with Gasteiger partial charge < -0.3 is 5.32 Å². The van der Waals surface area contributed by atoms with Crippen LogP contribution in [0.5, 0.6) is 0 Å². The molecule has 0 fully saturated rings. The predicted octanol–water partition coefficient (Wildman–Crippen LogP) is 2.55. The van der Waals surface area contributed by atoms with Crippen molar-refractivity contribution in [3.8, 4) is 0 Å². The lowest BCUT2D eigenvalue weighted by atomic mass is 10.1. The first-order valence-corrected chi connectivity index (χ1v) is 6.50. The molecule has 92 valence electrons. The fourth-order valence-corrected chi connectivity index (χ4v) is 2.09. The zero-order valence-corrected chi connectivity index (χ0v) is 11.7. The van der Waals surface area contributed by atoms with Crippen LogP contribution in [0.3, 0.4) is 0 Å². The first-order valence-electron chi connectivity index (χ1n) is 5.21. The quantitative estimate of drug-likeness (QED) is 0.640. The summed E-state index contributed by atoms with van der Waals surface area (Å²) in [6.45, 7) is 5.94. The molecule has 1 aromatic heterocycles. The standard InChI is InChI=1S/C12H16N2OS2/c1-12(2,3)14-11(16)13-10(15)7-6-9-5-4-8-17-9/h4-8H,1-3H3,(H2,13,14,15,16). The summed E-state index contributed by atoms with van der Waals surface area (Å²) in [5, 5.41) is 7.92. The summed E-state index contributed by atoms with van der Waals surface area (Å²) in [5.41, 5.74) is -0.151. The van der Waals surface area contributed by atoms with Gasteiger partial charge in [0.2, 0.25) is 5.91 Å². The molecule has 0 aliphatic heterocycles. The summed E-state index contributed by atoms with van der Waals surface area (Å²) in [5.74, 6) is -0.222. The predicted molar refractivity (Wildman–Crippen MR) is 77.0 cm³/mol. The van der Waals surface area contributed by atoms with Gasteiger partial charge in [-0.1, -0.05) is 6.07 Å². The van der Waals surface area contributed by atoms with Crippen LogP contribution in [-0.2, 0) is 4.79 Å². The number of thiophene rings is 1. The van der Waals surface area contributed by atoms with Crippen LogP contribution in [0.1, 0.15) is 25.6 Å². The number of nitrogens with one attached hydrogen (secondary N) is 2. The highest BCUT2D eigenvalue weighted by Crippen LogP contribution is 2.09. The summed E-state index contributed by atoms with van der Waals surface area (Å²) in [6, 6.07) is 3.88. The molecule has 0 atom stereocenters. The highest BCUT2D eigenvalue weighted by Gasteiger charge is 2.11. The second-order valence-corrected chi connectivity index (χ2v) is 5.93. The van der Waals surface area contributed by atoms with E-state index in [-0.39, 0.29) is 11.4 Å². The summed E-state index contributed by atoms with van der Waals surface area (Å²) >= 11 is 6.60. The lowest BCUT2D eigenvalue weighted by Gasteiger charge is -2.22. The minimum absolute atomic E-state index is 0.151. The van der Waals surface area contributed by atoms with Gasteiger partial charge in [0.15, 0.2) is 5.11 Å². The summed E-state index contributed by atoms with van der Waals surface area (Å²) < 4.78 is 0. The highest BCUT2D eigenvalue weighted by molar-refractivity contribution is 7.80. The number of rotatable bonds is 2. The van der Waals surface area contributed by atoms with Crippen molar-refractivity contribution < 1.29 is 4.79 Å². The van der Waals surface area contributed by atoms with Crippen LogP contribution in [0.2, 0.25) is 0 Å². The Morgan fingerprint density at radius 2 is 2.18 bits per heavy atom. The van der Waals surface area contributed by atoms with E-state index in [1.54, 1.807) is 17.4 Å². The zero-order chi connectivity index (χ0) is 12.9. The van der Waals surface area contributed by atoms with Crippen LogP contribution in [0, 0.1) is 0 Å². The fourth-order valence-electron chi connectivity index (χ4n) is 1.07. The van der Waals surface area contributed by atoms with Crippen molar-refractivity contribution in [1.29, 1.82) is 0 Å². The van der Waals surface area contributed by atoms with Gasteiger partial charge in [-0.2, -0.15) is 0 Å². The van der Waals surface area contributed by atoms with Crippen molar-refractivity contribution in [2.24, 2.45) is 0 Å². The van der Waals surface area contributed by atoms with Crippen molar-refractivity contribution in [3.05, 3.63) is 28.5 Å². The zero-order valence-electron chi connectivity index (χ0n) is 10.1. The fraction of sp³-hybridized carbons (Fsp3) is 0.333. The molecule has 0 spiro atoms. The minimum atomic E-state index is -0.222. The Balaban J connectivity index is 2.42. The van der Waals surface area contributed by atoms with Gasteiger partial charge in [0.1, 0.15) is 0 Å². The molecule has 1 heterocycles. The van der Waals surface area contributed by atoms with Gasteiger partial charge in [0.25, 0.3) is 0 Å². The van der Waals surface area contributed by atoms with Gasteiger partial charge in [0, 0.05) is 16.5 Å². The van der Waals surface area contributed by atoms with Crippen LogP contribution < -0.4 is 10.6 Å². The average Bonchev–Trinajstić information content (AvgIpc) is 2.63. The van der Waals surface area contributed by atoms with Gasteiger partial charge in [-0.3, -0.25) is 10.1 Å². The monoisotopic (exact) mass is 268 g/mol. The number of amides is 1. The molecule has 0 bridgehead atoms. The molecule has 5 heteroatoms. The van der Waals surface area contributed by atoms with E-state index in [4.69, 9.17) is 12.2 Å². The van der Waals surface area contributed by atoms with Crippen molar-refractivity contribution in [3.63, 3.8) is 0 Å². The topological polar surface area (TPSA) is 41.1 Å². The van der Waals surface area contributed by atoms with Crippen LogP contribution in [-0.4, -0.2) is 16.6 Å². The van der Waals surface area contributed by atoms with Gasteiger partial charge in [0.05, 0.1) is 0 Å². The molecule has 3 nitrogen and oxygen atoms in total. The highest BCUT2D eigenvalue weighted by atomic mass is 32.1. The number of thiocarbonyl (C=S) groups is 1. The molecule has 1 aromatic rings. The van der Waals surface area contributed by atoms with Crippen molar-refractivity contribution in [2.75, 3.05) is 0 Å². The van der Waals surface area contributed by atoms with E-state index >= 15 is 0 Å². The van der Waals surface area contributed by atoms with Gasteiger partial charge in [-0.25, -0.2) is 0 Å². The Hall–Kier alpha value is -1.20. The Labute approximate surface area is 111 Å². The average molecular weight is 268 g/mol. The van der Waals surface area contributed by atoms with E-state index in [9.17, 15) is 4.79 Å². The van der Waals surface area contributed by atoms with Crippen molar-refractivity contribution in [1.82, 2.24) is 10.6 Å². The maximum Gasteiger partial charge on any atom is 0.250 e. The minimum Gasteiger partial charge on any atom is -0.358 e. The normalized spacial score (nSPS) is 11.5.